The minimum atomic E-state index is -2.08. The molecule has 0 aliphatic heterocycles. The Morgan fingerprint density at radius 1 is 0.744 bits per heavy atom. The van der Waals surface area contributed by atoms with E-state index in [1.54, 1.807) is 30.3 Å². The molecule has 12 nitrogen and oxygen atoms in total. The van der Waals surface area contributed by atoms with Crippen LogP contribution in [-0.4, -0.2) is 69.9 Å². The summed E-state index contributed by atoms with van der Waals surface area (Å²) in [7, 11) is 0. The highest BCUT2D eigenvalue weighted by Crippen LogP contribution is 2.16. The number of carbonyl (C=O) groups is 5. The van der Waals surface area contributed by atoms with Crippen LogP contribution in [0.1, 0.15) is 37.3 Å². The molecule has 0 saturated carbocycles. The average molecular weight is 544 g/mol. The van der Waals surface area contributed by atoms with Gasteiger partial charge >= 0.3 is 23.9 Å². The highest BCUT2D eigenvalue weighted by atomic mass is 16.5. The third-order valence-electron chi connectivity index (χ3n) is 5.65. The van der Waals surface area contributed by atoms with Crippen molar-refractivity contribution in [2.75, 3.05) is 6.54 Å². The maximum Gasteiger partial charge on any atom is 0.356 e. The molecule has 210 valence electrons. The van der Waals surface area contributed by atoms with Gasteiger partial charge in [0, 0.05) is 19.4 Å². The van der Waals surface area contributed by atoms with Gasteiger partial charge in [-0.25, -0.2) is 19.2 Å². The van der Waals surface area contributed by atoms with Crippen LogP contribution in [0.4, 0.5) is 4.79 Å². The third kappa shape index (κ3) is 10.7. The van der Waals surface area contributed by atoms with E-state index >= 15 is 0 Å². The second kappa shape index (κ2) is 15.6. The van der Waals surface area contributed by atoms with E-state index in [4.69, 9.17) is 14.9 Å². The number of rotatable bonds is 16. The maximum absolute atomic E-state index is 12.9. The number of ether oxygens (including phenoxy) is 1. The number of aliphatic carboxylic acids is 3. The number of benzene rings is 2. The molecular formula is C27H33N3O9. The Morgan fingerprint density at radius 3 is 1.87 bits per heavy atom. The molecule has 0 spiro atoms. The van der Waals surface area contributed by atoms with Gasteiger partial charge in [0.15, 0.2) is 0 Å². The van der Waals surface area contributed by atoms with Crippen molar-refractivity contribution in [2.45, 2.75) is 57.2 Å². The quantitative estimate of drug-likeness (QED) is 0.135. The average Bonchev–Trinajstić information content (AvgIpc) is 2.90. The molecule has 0 fully saturated rings. The predicted molar refractivity (Wildman–Crippen MR) is 139 cm³/mol. The zero-order valence-electron chi connectivity index (χ0n) is 21.5. The van der Waals surface area contributed by atoms with Gasteiger partial charge in [-0.15, -0.1) is 0 Å². The van der Waals surface area contributed by atoms with Crippen LogP contribution in [0.2, 0.25) is 0 Å². The first-order valence-corrected chi connectivity index (χ1v) is 12.4. The Hall–Kier alpha value is -4.61. The summed E-state index contributed by atoms with van der Waals surface area (Å²) < 4.78 is 4.99. The molecule has 0 aliphatic rings. The minimum Gasteiger partial charge on any atom is -0.480 e. The van der Waals surface area contributed by atoms with Gasteiger partial charge in [0.05, 0.1) is 0 Å². The Morgan fingerprint density at radius 2 is 1.31 bits per heavy atom. The van der Waals surface area contributed by atoms with Crippen LogP contribution >= 0.6 is 0 Å². The molecule has 3 amide bonds. The van der Waals surface area contributed by atoms with Gasteiger partial charge in [-0.2, -0.15) is 0 Å². The van der Waals surface area contributed by atoms with Crippen LogP contribution in [0.15, 0.2) is 54.6 Å². The molecule has 0 heterocycles. The van der Waals surface area contributed by atoms with Crippen molar-refractivity contribution in [3.05, 3.63) is 65.7 Å². The lowest BCUT2D eigenvalue weighted by Gasteiger charge is -2.21. The van der Waals surface area contributed by atoms with E-state index in [1.807, 2.05) is 6.92 Å². The van der Waals surface area contributed by atoms with E-state index in [-0.39, 0.29) is 18.6 Å². The molecule has 2 rings (SSSR count). The van der Waals surface area contributed by atoms with Crippen LogP contribution in [-0.2, 0) is 32.0 Å². The lowest BCUT2D eigenvalue weighted by Crippen LogP contribution is -2.54. The van der Waals surface area contributed by atoms with Crippen molar-refractivity contribution in [3.63, 3.8) is 0 Å². The van der Waals surface area contributed by atoms with Gasteiger partial charge in [-0.3, -0.25) is 4.79 Å². The van der Waals surface area contributed by atoms with Crippen molar-refractivity contribution >= 4 is 29.8 Å². The van der Waals surface area contributed by atoms with Gasteiger partial charge < -0.3 is 36.0 Å². The zero-order valence-corrected chi connectivity index (χ0v) is 21.5. The zero-order chi connectivity index (χ0) is 28.8. The van der Waals surface area contributed by atoms with Crippen molar-refractivity contribution in [1.29, 1.82) is 0 Å². The summed E-state index contributed by atoms with van der Waals surface area (Å²) in [6.07, 6.45) is 0.600. The van der Waals surface area contributed by atoms with Gasteiger partial charge in [-0.05, 0) is 29.7 Å². The molecule has 6 N–H and O–H groups in total. The molecule has 0 saturated heterocycles. The first-order valence-electron chi connectivity index (χ1n) is 12.4. The standard InChI is InChI=1S/C27H33N3O9/c1-2-3-7-14-28-23(31)20(15-18-10-12-19(13-11-18)39-22(25(34)35)26(36)37)29-27(38)30-21(24(32)33)16-17-8-5-4-6-9-17/h4-6,8-13,20-22H,2-3,7,14-16H2,1H3,(H,28,31)(H,32,33)(H,34,35)(H,36,37)(H2,29,30,38)/t20?,21-/m0/s1. The normalized spacial score (nSPS) is 12.2. The fourth-order valence-electron chi connectivity index (χ4n) is 3.61. The summed E-state index contributed by atoms with van der Waals surface area (Å²) in [6, 6.07) is 11.4. The third-order valence-corrected chi connectivity index (χ3v) is 5.65. The van der Waals surface area contributed by atoms with E-state index in [0.29, 0.717) is 17.7 Å². The second-order valence-corrected chi connectivity index (χ2v) is 8.77. The molecule has 0 radical (unpaired) electrons. The monoisotopic (exact) mass is 543 g/mol. The van der Waals surface area contributed by atoms with Crippen molar-refractivity contribution < 1.29 is 44.0 Å². The molecule has 0 aromatic heterocycles. The lowest BCUT2D eigenvalue weighted by atomic mass is 10.0. The number of hydrogen-bond acceptors (Lipinski definition) is 6. The molecule has 2 aromatic carbocycles. The molecule has 0 bridgehead atoms. The number of carboxylic acid groups (broad SMARTS) is 3. The van der Waals surface area contributed by atoms with E-state index in [9.17, 15) is 29.1 Å². The number of nitrogens with one attached hydrogen (secondary N) is 3. The van der Waals surface area contributed by atoms with Crippen LogP contribution in [0.25, 0.3) is 0 Å². The molecule has 0 aliphatic carbocycles. The van der Waals surface area contributed by atoms with Gasteiger partial charge in [0.2, 0.25) is 5.91 Å². The topological polar surface area (TPSA) is 191 Å². The molecule has 39 heavy (non-hydrogen) atoms. The van der Waals surface area contributed by atoms with Crippen LogP contribution in [0, 0.1) is 0 Å². The molecule has 1 unspecified atom stereocenters. The summed E-state index contributed by atoms with van der Waals surface area (Å²) >= 11 is 0. The first kappa shape index (κ1) is 30.6. The smallest absolute Gasteiger partial charge is 0.356 e. The predicted octanol–water partition coefficient (Wildman–Crippen LogP) is 1.82. The number of carbonyl (C=O) groups excluding carboxylic acids is 2. The summed E-state index contributed by atoms with van der Waals surface area (Å²) in [6.45, 7) is 2.42. The lowest BCUT2D eigenvalue weighted by molar-refractivity contribution is -0.159. The summed E-state index contributed by atoms with van der Waals surface area (Å²) in [4.78, 5) is 59.5. The van der Waals surface area contributed by atoms with Crippen molar-refractivity contribution in [1.82, 2.24) is 16.0 Å². The van der Waals surface area contributed by atoms with Crippen LogP contribution in [0.3, 0.4) is 0 Å². The van der Waals surface area contributed by atoms with Gasteiger partial charge in [0.1, 0.15) is 17.8 Å². The van der Waals surface area contributed by atoms with Crippen molar-refractivity contribution in [2.24, 2.45) is 0 Å². The number of urea groups is 1. The van der Waals surface area contributed by atoms with E-state index < -0.39 is 48.0 Å². The molecule has 2 atom stereocenters. The van der Waals surface area contributed by atoms with E-state index in [1.165, 1.54) is 24.3 Å². The number of unbranched alkanes of at least 4 members (excludes halogenated alkanes) is 2. The van der Waals surface area contributed by atoms with Gasteiger partial charge in [0.25, 0.3) is 6.10 Å². The minimum absolute atomic E-state index is 0.00923. The Kier molecular flexibility index (Phi) is 12.2. The Bertz CT molecular complexity index is 1110. The highest BCUT2D eigenvalue weighted by molar-refractivity contribution is 5.96. The maximum atomic E-state index is 12.9. The van der Waals surface area contributed by atoms with Crippen LogP contribution < -0.4 is 20.7 Å². The van der Waals surface area contributed by atoms with Gasteiger partial charge in [-0.1, -0.05) is 62.2 Å². The molecular weight excluding hydrogens is 510 g/mol. The highest BCUT2D eigenvalue weighted by Gasteiger charge is 2.28. The first-order chi connectivity index (χ1) is 18.6. The summed E-state index contributed by atoms with van der Waals surface area (Å²) in [5.74, 6) is -5.02. The molecule has 2 aromatic rings. The number of carboxylic acids is 3. The van der Waals surface area contributed by atoms with Crippen molar-refractivity contribution in [3.8, 4) is 5.75 Å². The van der Waals surface area contributed by atoms with E-state index in [2.05, 4.69) is 16.0 Å². The fraction of sp³-hybridized carbons (Fsp3) is 0.370. The van der Waals surface area contributed by atoms with E-state index in [0.717, 1.165) is 19.3 Å². The summed E-state index contributed by atoms with van der Waals surface area (Å²) in [5.41, 5.74) is 1.27. The Labute approximate surface area is 225 Å². The number of amides is 3. The fourth-order valence-corrected chi connectivity index (χ4v) is 3.61. The number of hydrogen-bond donors (Lipinski definition) is 6. The molecule has 12 heteroatoms. The second-order valence-electron chi connectivity index (χ2n) is 8.77. The van der Waals surface area contributed by atoms with Crippen LogP contribution in [0.5, 0.6) is 5.75 Å². The summed E-state index contributed by atoms with van der Waals surface area (Å²) in [5, 5.41) is 35.2. The SMILES string of the molecule is CCCCCNC(=O)C(Cc1ccc(OC(C(=O)O)C(=O)O)cc1)NC(=O)N[C@@H](Cc1ccccc1)C(=O)O. The Balaban J connectivity index is 2.11. The largest absolute Gasteiger partial charge is 0.480 e.